The highest BCUT2D eigenvalue weighted by Crippen LogP contribution is 2.22. The van der Waals surface area contributed by atoms with Crippen molar-refractivity contribution in [1.82, 2.24) is 5.32 Å². The van der Waals surface area contributed by atoms with Gasteiger partial charge in [0.15, 0.2) is 0 Å². The van der Waals surface area contributed by atoms with Crippen molar-refractivity contribution in [3.63, 3.8) is 0 Å². The van der Waals surface area contributed by atoms with Crippen molar-refractivity contribution < 1.29 is 17.6 Å². The van der Waals surface area contributed by atoms with Crippen LogP contribution in [-0.2, 0) is 21.4 Å². The molecule has 1 saturated heterocycles. The minimum Gasteiger partial charge on any atom is -0.372 e. The Balaban J connectivity index is 1.65. The van der Waals surface area contributed by atoms with E-state index < -0.39 is 27.8 Å². The zero-order valence-corrected chi connectivity index (χ0v) is 17.5. The Morgan fingerprint density at radius 1 is 1.10 bits per heavy atom. The summed E-state index contributed by atoms with van der Waals surface area (Å²) in [6, 6.07) is 12.1. The summed E-state index contributed by atoms with van der Waals surface area (Å²) in [5, 5.41) is 2.79. The van der Waals surface area contributed by atoms with Crippen molar-refractivity contribution in [2.45, 2.75) is 32.4 Å². The smallest absolute Gasteiger partial charge is 0.243 e. The van der Waals surface area contributed by atoms with E-state index in [1.54, 1.807) is 0 Å². The molecule has 0 radical (unpaired) electrons. The third-order valence-electron chi connectivity index (χ3n) is 5.04. The molecule has 3 rings (SSSR count). The number of rotatable bonds is 7. The second kappa shape index (κ2) is 8.82. The van der Waals surface area contributed by atoms with Gasteiger partial charge in [-0.3, -0.25) is 9.10 Å². The van der Waals surface area contributed by atoms with E-state index in [-0.39, 0.29) is 5.69 Å². The van der Waals surface area contributed by atoms with Crippen LogP contribution in [0.4, 0.5) is 15.8 Å². The fourth-order valence-electron chi connectivity index (χ4n) is 3.53. The monoisotopic (exact) mass is 419 g/mol. The lowest BCUT2D eigenvalue weighted by molar-refractivity contribution is -0.122. The number of nitrogens with zero attached hydrogens (tertiary/aromatic N) is 2. The molecule has 1 N–H and O–H groups in total. The molecule has 1 heterocycles. The van der Waals surface area contributed by atoms with Crippen molar-refractivity contribution in [2.75, 3.05) is 28.6 Å². The molecule has 2 aromatic rings. The fraction of sp³-hybridized carbons (Fsp3) is 0.381. The Bertz CT molecular complexity index is 940. The predicted octanol–water partition coefficient (Wildman–Crippen LogP) is 2.90. The van der Waals surface area contributed by atoms with Crippen LogP contribution in [-0.4, -0.2) is 39.7 Å². The maximum absolute atomic E-state index is 13.2. The fourth-order valence-corrected chi connectivity index (χ4v) is 4.71. The lowest BCUT2D eigenvalue weighted by Gasteiger charge is -2.28. The van der Waals surface area contributed by atoms with Crippen LogP contribution in [0.3, 0.4) is 0 Å². The zero-order chi connectivity index (χ0) is 21.0. The molecule has 2 aromatic carbocycles. The molecule has 0 spiro atoms. The number of nitrogens with one attached hydrogen (secondary N) is 1. The summed E-state index contributed by atoms with van der Waals surface area (Å²) in [5.74, 6) is -0.903. The quantitative estimate of drug-likeness (QED) is 0.749. The lowest BCUT2D eigenvalue weighted by Crippen LogP contribution is -2.47. The third-order valence-corrected chi connectivity index (χ3v) is 6.29. The topological polar surface area (TPSA) is 69.7 Å². The van der Waals surface area contributed by atoms with Crippen LogP contribution >= 0.6 is 0 Å². The van der Waals surface area contributed by atoms with E-state index in [1.165, 1.54) is 49.7 Å². The average molecular weight is 420 g/mol. The summed E-state index contributed by atoms with van der Waals surface area (Å²) >= 11 is 0. The van der Waals surface area contributed by atoms with Gasteiger partial charge in [-0.1, -0.05) is 12.1 Å². The van der Waals surface area contributed by atoms with Crippen LogP contribution in [0.15, 0.2) is 48.5 Å². The molecule has 1 amide bonds. The number of hydrogen-bond donors (Lipinski definition) is 1. The maximum atomic E-state index is 13.2. The van der Waals surface area contributed by atoms with Gasteiger partial charge in [-0.05, 0) is 61.7 Å². The molecule has 1 aliphatic heterocycles. The van der Waals surface area contributed by atoms with Crippen molar-refractivity contribution in [3.05, 3.63) is 59.9 Å². The number of halogens is 1. The Hall–Kier alpha value is -2.61. The third kappa shape index (κ3) is 5.26. The van der Waals surface area contributed by atoms with Crippen molar-refractivity contribution in [1.29, 1.82) is 0 Å². The van der Waals surface area contributed by atoms with E-state index in [1.807, 2.05) is 24.3 Å². The van der Waals surface area contributed by atoms with Gasteiger partial charge in [0.2, 0.25) is 15.9 Å². The van der Waals surface area contributed by atoms with Gasteiger partial charge >= 0.3 is 0 Å². The van der Waals surface area contributed by atoms with Crippen LogP contribution < -0.4 is 14.5 Å². The Morgan fingerprint density at radius 3 is 2.24 bits per heavy atom. The first-order valence-electron chi connectivity index (χ1n) is 9.62. The van der Waals surface area contributed by atoms with Crippen LogP contribution in [0.2, 0.25) is 0 Å². The van der Waals surface area contributed by atoms with E-state index in [9.17, 15) is 17.6 Å². The number of anilines is 2. The Kier molecular flexibility index (Phi) is 6.42. The number of benzene rings is 2. The highest BCUT2D eigenvalue weighted by Gasteiger charge is 2.29. The summed E-state index contributed by atoms with van der Waals surface area (Å²) in [4.78, 5) is 15.0. The Morgan fingerprint density at radius 2 is 1.69 bits per heavy atom. The number of carbonyl (C=O) groups is 1. The van der Waals surface area contributed by atoms with Gasteiger partial charge < -0.3 is 10.2 Å². The van der Waals surface area contributed by atoms with Gasteiger partial charge in [0.25, 0.3) is 0 Å². The number of amides is 1. The number of hydrogen-bond acceptors (Lipinski definition) is 4. The van der Waals surface area contributed by atoms with E-state index in [2.05, 4.69) is 10.2 Å². The van der Waals surface area contributed by atoms with Crippen LogP contribution in [0.1, 0.15) is 25.3 Å². The first-order chi connectivity index (χ1) is 13.8. The minimum absolute atomic E-state index is 0.242. The van der Waals surface area contributed by atoms with Gasteiger partial charge in [0.05, 0.1) is 11.9 Å². The summed E-state index contributed by atoms with van der Waals surface area (Å²) in [6.07, 6.45) is 3.44. The van der Waals surface area contributed by atoms with Gasteiger partial charge in [0.1, 0.15) is 11.9 Å². The highest BCUT2D eigenvalue weighted by molar-refractivity contribution is 7.92. The van der Waals surface area contributed by atoms with Crippen molar-refractivity contribution >= 4 is 27.3 Å². The standard InChI is InChI=1S/C21H26FN3O3S/c1-16(25(29(2,27)28)20-11-7-18(22)8-12-20)21(26)23-15-17-5-9-19(10-6-17)24-13-3-4-14-24/h5-12,16H,3-4,13-15H2,1-2H3,(H,23,26)/t16-/m1/s1. The molecule has 1 fully saturated rings. The first-order valence-corrected chi connectivity index (χ1v) is 11.5. The molecule has 29 heavy (non-hydrogen) atoms. The van der Waals surface area contributed by atoms with E-state index in [0.717, 1.165) is 29.2 Å². The van der Waals surface area contributed by atoms with Gasteiger partial charge in [-0.25, -0.2) is 12.8 Å². The molecule has 1 atom stereocenters. The molecule has 0 aliphatic carbocycles. The van der Waals surface area contributed by atoms with E-state index in [4.69, 9.17) is 0 Å². The molecule has 6 nitrogen and oxygen atoms in total. The maximum Gasteiger partial charge on any atom is 0.243 e. The molecular formula is C21H26FN3O3S. The Labute approximate surface area is 171 Å². The SMILES string of the molecule is C[C@H](C(=O)NCc1ccc(N2CCCC2)cc1)N(c1ccc(F)cc1)S(C)(=O)=O. The first kappa shape index (κ1) is 21.1. The summed E-state index contributed by atoms with van der Waals surface area (Å²) < 4.78 is 38.7. The number of carbonyl (C=O) groups excluding carboxylic acids is 1. The molecule has 8 heteroatoms. The predicted molar refractivity (Wildman–Crippen MR) is 113 cm³/mol. The van der Waals surface area contributed by atoms with E-state index >= 15 is 0 Å². The summed E-state index contributed by atoms with van der Waals surface area (Å²) in [7, 11) is -3.73. The van der Waals surface area contributed by atoms with Gasteiger partial charge in [0, 0.05) is 25.3 Å². The lowest BCUT2D eigenvalue weighted by atomic mass is 10.2. The molecule has 0 unspecified atom stereocenters. The summed E-state index contributed by atoms with van der Waals surface area (Å²) in [5.41, 5.74) is 2.35. The molecule has 1 aliphatic rings. The molecule has 156 valence electrons. The van der Waals surface area contributed by atoms with Crippen molar-refractivity contribution in [2.24, 2.45) is 0 Å². The normalized spacial score (nSPS) is 15.2. The summed E-state index contributed by atoms with van der Waals surface area (Å²) in [6.45, 7) is 3.94. The second-order valence-electron chi connectivity index (χ2n) is 7.29. The van der Waals surface area contributed by atoms with Crippen LogP contribution in [0.5, 0.6) is 0 Å². The van der Waals surface area contributed by atoms with E-state index in [0.29, 0.717) is 6.54 Å². The van der Waals surface area contributed by atoms with Gasteiger partial charge in [-0.2, -0.15) is 0 Å². The minimum atomic E-state index is -3.73. The van der Waals surface area contributed by atoms with Crippen molar-refractivity contribution in [3.8, 4) is 0 Å². The molecule has 0 saturated carbocycles. The van der Waals surface area contributed by atoms with Crippen LogP contribution in [0, 0.1) is 5.82 Å². The largest absolute Gasteiger partial charge is 0.372 e. The highest BCUT2D eigenvalue weighted by atomic mass is 32.2. The average Bonchev–Trinajstić information content (AvgIpc) is 3.22. The number of sulfonamides is 1. The zero-order valence-electron chi connectivity index (χ0n) is 16.6. The molecule has 0 aromatic heterocycles. The molecular weight excluding hydrogens is 393 g/mol. The van der Waals surface area contributed by atoms with Gasteiger partial charge in [-0.15, -0.1) is 0 Å². The molecule has 0 bridgehead atoms. The second-order valence-corrected chi connectivity index (χ2v) is 9.15. The van der Waals surface area contributed by atoms with Crippen LogP contribution in [0.25, 0.3) is 0 Å².